The van der Waals surface area contributed by atoms with Crippen molar-refractivity contribution in [2.24, 2.45) is 0 Å². The number of nitrogens with one attached hydrogen (secondary N) is 1. The van der Waals surface area contributed by atoms with Crippen molar-refractivity contribution in [2.45, 2.75) is 31.9 Å². The zero-order valence-electron chi connectivity index (χ0n) is 17.9. The number of piperidine rings is 1. The van der Waals surface area contributed by atoms with Crippen molar-refractivity contribution in [1.29, 1.82) is 0 Å². The van der Waals surface area contributed by atoms with Crippen LogP contribution in [0.25, 0.3) is 22.1 Å². The lowest BCUT2D eigenvalue weighted by Crippen LogP contribution is -2.39. The van der Waals surface area contributed by atoms with Crippen molar-refractivity contribution < 1.29 is 23.2 Å². The fourth-order valence-corrected chi connectivity index (χ4v) is 4.09. The topological polar surface area (TPSA) is 99.2 Å². The van der Waals surface area contributed by atoms with Crippen LogP contribution < -0.4 is 5.32 Å². The first-order chi connectivity index (χ1) is 16.0. The van der Waals surface area contributed by atoms with Crippen LogP contribution in [0.4, 0.5) is 4.39 Å². The standard InChI is InChI=1S/C24H21FN4O4/c1-32-13-15-4-2-14(3-5-15)11-29-12-16(10-26-29)18-9-21-19(8-20(18)25)23(28-33-21)17-6-7-22(30)27-24(17)31/h2-5,8-10,12,17H,6-7,11,13H2,1H3,(H,27,30,31). The molecule has 1 saturated heterocycles. The Hall–Kier alpha value is -3.85. The first-order valence-electron chi connectivity index (χ1n) is 10.5. The number of benzene rings is 2. The van der Waals surface area contributed by atoms with Gasteiger partial charge in [0, 0.05) is 36.2 Å². The molecular weight excluding hydrogens is 427 g/mol. The molecule has 1 unspecified atom stereocenters. The smallest absolute Gasteiger partial charge is 0.235 e. The molecule has 0 saturated carbocycles. The molecule has 8 nitrogen and oxygen atoms in total. The number of hydrogen-bond acceptors (Lipinski definition) is 6. The normalized spacial score (nSPS) is 16.4. The molecule has 2 aromatic carbocycles. The predicted octanol–water partition coefficient (Wildman–Crippen LogP) is 3.55. The van der Waals surface area contributed by atoms with Gasteiger partial charge in [-0.15, -0.1) is 0 Å². The molecule has 168 valence electrons. The van der Waals surface area contributed by atoms with Crippen LogP contribution in [0.3, 0.4) is 0 Å². The average Bonchev–Trinajstić information content (AvgIpc) is 3.42. The SMILES string of the molecule is COCc1ccc(Cn2cc(-c3cc4onc(C5CCC(=O)NC5=O)c4cc3F)cn2)cc1. The molecule has 9 heteroatoms. The van der Waals surface area contributed by atoms with Gasteiger partial charge in [-0.2, -0.15) is 5.10 Å². The molecule has 1 N–H and O–H groups in total. The Kier molecular flexibility index (Phi) is 5.47. The molecule has 2 amide bonds. The van der Waals surface area contributed by atoms with Gasteiger partial charge < -0.3 is 9.26 Å². The minimum absolute atomic E-state index is 0.208. The van der Waals surface area contributed by atoms with Gasteiger partial charge in [0.25, 0.3) is 0 Å². The molecule has 1 fully saturated rings. The lowest BCUT2D eigenvalue weighted by molar-refractivity contribution is -0.134. The van der Waals surface area contributed by atoms with Crippen LogP contribution in [0.1, 0.15) is 35.6 Å². The number of halogens is 1. The predicted molar refractivity (Wildman–Crippen MR) is 117 cm³/mol. The van der Waals surface area contributed by atoms with Gasteiger partial charge in [0.15, 0.2) is 5.58 Å². The molecule has 3 heterocycles. The zero-order valence-corrected chi connectivity index (χ0v) is 17.9. The molecule has 4 aromatic rings. The van der Waals surface area contributed by atoms with E-state index >= 15 is 4.39 Å². The van der Waals surface area contributed by atoms with Gasteiger partial charge in [0.1, 0.15) is 11.5 Å². The van der Waals surface area contributed by atoms with E-state index < -0.39 is 17.6 Å². The Morgan fingerprint density at radius 3 is 2.76 bits per heavy atom. The summed E-state index contributed by atoms with van der Waals surface area (Å²) in [7, 11) is 1.66. The van der Waals surface area contributed by atoms with Crippen molar-refractivity contribution in [3.05, 3.63) is 71.4 Å². The Morgan fingerprint density at radius 1 is 1.21 bits per heavy atom. The van der Waals surface area contributed by atoms with Gasteiger partial charge in [-0.25, -0.2) is 4.39 Å². The zero-order chi connectivity index (χ0) is 22.9. The van der Waals surface area contributed by atoms with Gasteiger partial charge in [-0.3, -0.25) is 19.6 Å². The number of methoxy groups -OCH3 is 1. The lowest BCUT2D eigenvalue weighted by Gasteiger charge is -2.18. The Morgan fingerprint density at radius 2 is 2.00 bits per heavy atom. The van der Waals surface area contributed by atoms with Gasteiger partial charge >= 0.3 is 0 Å². The summed E-state index contributed by atoms with van der Waals surface area (Å²) in [6.07, 6.45) is 3.89. The number of rotatable bonds is 6. The number of carbonyl (C=O) groups excluding carboxylic acids is 2. The first-order valence-corrected chi connectivity index (χ1v) is 10.5. The highest BCUT2D eigenvalue weighted by atomic mass is 19.1. The second-order valence-electron chi connectivity index (χ2n) is 8.08. The molecule has 0 radical (unpaired) electrons. The van der Waals surface area contributed by atoms with E-state index in [-0.39, 0.29) is 12.3 Å². The Labute approximate surface area is 188 Å². The molecule has 0 aliphatic carbocycles. The van der Waals surface area contributed by atoms with E-state index in [1.807, 2.05) is 24.3 Å². The fourth-order valence-electron chi connectivity index (χ4n) is 4.09. The minimum atomic E-state index is -0.646. The van der Waals surface area contributed by atoms with Gasteiger partial charge in [-0.1, -0.05) is 29.4 Å². The van der Waals surface area contributed by atoms with E-state index in [1.165, 1.54) is 6.07 Å². The van der Waals surface area contributed by atoms with Crippen LogP contribution in [-0.2, 0) is 27.5 Å². The molecule has 0 spiro atoms. The van der Waals surface area contributed by atoms with Crippen LogP contribution in [0, 0.1) is 5.82 Å². The Bertz CT molecular complexity index is 1340. The molecule has 1 aliphatic rings. The second-order valence-corrected chi connectivity index (χ2v) is 8.08. The summed E-state index contributed by atoms with van der Waals surface area (Å²) in [6, 6.07) is 10.9. The Balaban J connectivity index is 1.39. The van der Waals surface area contributed by atoms with E-state index in [2.05, 4.69) is 15.6 Å². The maximum atomic E-state index is 15.1. The van der Waals surface area contributed by atoms with E-state index in [0.29, 0.717) is 47.4 Å². The highest BCUT2D eigenvalue weighted by molar-refractivity contribution is 6.02. The van der Waals surface area contributed by atoms with E-state index in [0.717, 1.165) is 11.1 Å². The third-order valence-electron chi connectivity index (χ3n) is 5.78. The number of carbonyl (C=O) groups is 2. The monoisotopic (exact) mass is 448 g/mol. The van der Waals surface area contributed by atoms with Crippen LogP contribution in [0.2, 0.25) is 0 Å². The molecule has 33 heavy (non-hydrogen) atoms. The molecule has 1 atom stereocenters. The second kappa shape index (κ2) is 8.59. The number of imide groups is 1. The van der Waals surface area contributed by atoms with Crippen LogP contribution in [0.5, 0.6) is 0 Å². The summed E-state index contributed by atoms with van der Waals surface area (Å²) in [5.74, 6) is -1.88. The summed E-state index contributed by atoms with van der Waals surface area (Å²) >= 11 is 0. The van der Waals surface area contributed by atoms with Gasteiger partial charge in [0.05, 0.1) is 25.3 Å². The largest absolute Gasteiger partial charge is 0.380 e. The fraction of sp³-hybridized carbons (Fsp3) is 0.250. The van der Waals surface area contributed by atoms with Crippen molar-refractivity contribution in [2.75, 3.05) is 7.11 Å². The van der Waals surface area contributed by atoms with Crippen molar-refractivity contribution >= 4 is 22.8 Å². The number of hydrogen-bond donors (Lipinski definition) is 1. The number of nitrogens with zero attached hydrogens (tertiary/aromatic N) is 3. The van der Waals surface area contributed by atoms with Crippen molar-refractivity contribution in [3.63, 3.8) is 0 Å². The molecular formula is C24H21FN4O4. The van der Waals surface area contributed by atoms with Crippen molar-refractivity contribution in [3.8, 4) is 11.1 Å². The van der Waals surface area contributed by atoms with E-state index in [4.69, 9.17) is 9.26 Å². The van der Waals surface area contributed by atoms with E-state index in [1.54, 1.807) is 30.3 Å². The summed E-state index contributed by atoms with van der Waals surface area (Å²) in [5, 5.41) is 11.1. The lowest BCUT2D eigenvalue weighted by atomic mass is 9.92. The first kappa shape index (κ1) is 21.0. The molecule has 5 rings (SSSR count). The van der Waals surface area contributed by atoms with Gasteiger partial charge in [0.2, 0.25) is 11.8 Å². The maximum absolute atomic E-state index is 15.1. The number of fused-ring (bicyclic) bond motifs is 1. The third-order valence-corrected chi connectivity index (χ3v) is 5.78. The molecule has 0 bridgehead atoms. The quantitative estimate of drug-likeness (QED) is 0.453. The van der Waals surface area contributed by atoms with Crippen molar-refractivity contribution in [1.82, 2.24) is 20.3 Å². The maximum Gasteiger partial charge on any atom is 0.235 e. The summed E-state index contributed by atoms with van der Waals surface area (Å²) in [5.41, 5.74) is 3.78. The molecule has 1 aliphatic heterocycles. The van der Waals surface area contributed by atoms with Gasteiger partial charge in [-0.05, 0) is 29.7 Å². The summed E-state index contributed by atoms with van der Waals surface area (Å²) < 4.78 is 27.3. The van der Waals surface area contributed by atoms with E-state index in [9.17, 15) is 9.59 Å². The number of amides is 2. The number of ether oxygens (including phenoxy) is 1. The molecule has 2 aromatic heterocycles. The highest BCUT2D eigenvalue weighted by Crippen LogP contribution is 2.34. The number of aromatic nitrogens is 3. The van der Waals surface area contributed by atoms with Crippen LogP contribution in [0.15, 0.2) is 53.3 Å². The average molecular weight is 448 g/mol. The minimum Gasteiger partial charge on any atom is -0.380 e. The third kappa shape index (κ3) is 4.14. The van der Waals surface area contributed by atoms with Crippen LogP contribution >= 0.6 is 0 Å². The van der Waals surface area contributed by atoms with Crippen LogP contribution in [-0.4, -0.2) is 33.9 Å². The summed E-state index contributed by atoms with van der Waals surface area (Å²) in [4.78, 5) is 23.6. The highest BCUT2D eigenvalue weighted by Gasteiger charge is 2.32. The summed E-state index contributed by atoms with van der Waals surface area (Å²) in [6.45, 7) is 1.10.